The quantitative estimate of drug-likeness (QED) is 0.856. The fourth-order valence-electron chi connectivity index (χ4n) is 1.80. The van der Waals surface area contributed by atoms with Crippen molar-refractivity contribution in [2.24, 2.45) is 0 Å². The molecule has 0 unspecified atom stereocenters. The molecule has 2 aromatic heterocycles. The van der Waals surface area contributed by atoms with Crippen molar-refractivity contribution >= 4 is 29.2 Å². The van der Waals surface area contributed by atoms with E-state index in [1.54, 1.807) is 0 Å². The van der Waals surface area contributed by atoms with Crippen LogP contribution in [0.3, 0.4) is 0 Å². The molecule has 9 heteroatoms. The van der Waals surface area contributed by atoms with Crippen LogP contribution in [0.25, 0.3) is 0 Å². The zero-order chi connectivity index (χ0) is 18.1. The molecule has 0 aliphatic heterocycles. The van der Waals surface area contributed by atoms with Crippen LogP contribution >= 0.6 is 11.6 Å². The number of carboxylic acid groups (broad SMARTS) is 1. The molecule has 0 aliphatic carbocycles. The lowest BCUT2D eigenvalue weighted by molar-refractivity contribution is -0.146. The van der Waals surface area contributed by atoms with Gasteiger partial charge in [0.25, 0.3) is 5.91 Å². The van der Waals surface area contributed by atoms with E-state index in [2.05, 4.69) is 20.4 Å². The highest BCUT2D eigenvalue weighted by Crippen LogP contribution is 2.20. The van der Waals surface area contributed by atoms with Gasteiger partial charge in [0, 0.05) is 12.1 Å². The third-order valence-electron chi connectivity index (χ3n) is 3.43. The van der Waals surface area contributed by atoms with E-state index in [-0.39, 0.29) is 16.6 Å². The van der Waals surface area contributed by atoms with Crippen molar-refractivity contribution in [1.82, 2.24) is 19.7 Å². The Hall–Kier alpha value is -2.48. The van der Waals surface area contributed by atoms with E-state index in [1.807, 2.05) is 13.8 Å². The molecule has 0 saturated heterocycles. The van der Waals surface area contributed by atoms with Crippen LogP contribution in [-0.4, -0.2) is 36.7 Å². The summed E-state index contributed by atoms with van der Waals surface area (Å²) in [5.74, 6) is -0.999. The first-order valence-corrected chi connectivity index (χ1v) is 7.63. The Morgan fingerprint density at radius 2 is 2.00 bits per heavy atom. The molecular weight excluding hydrogens is 334 g/mol. The lowest BCUT2D eigenvalue weighted by atomic mass is 10.1. The first-order valence-electron chi connectivity index (χ1n) is 7.25. The van der Waals surface area contributed by atoms with Gasteiger partial charge in [-0.3, -0.25) is 9.48 Å². The lowest BCUT2D eigenvalue weighted by Gasteiger charge is -2.19. The number of carbonyl (C=O) groups excluding carboxylic acids is 1. The van der Waals surface area contributed by atoms with Crippen molar-refractivity contribution in [3.05, 3.63) is 35.1 Å². The van der Waals surface area contributed by atoms with Gasteiger partial charge in [0.15, 0.2) is 11.2 Å². The Morgan fingerprint density at radius 3 is 2.58 bits per heavy atom. The Kier molecular flexibility index (Phi) is 4.88. The van der Waals surface area contributed by atoms with E-state index in [0.29, 0.717) is 11.5 Å². The zero-order valence-electron chi connectivity index (χ0n) is 13.7. The Bertz CT molecular complexity index is 785. The van der Waals surface area contributed by atoms with Crippen molar-refractivity contribution in [3.8, 4) is 0 Å². The van der Waals surface area contributed by atoms with Gasteiger partial charge in [-0.05, 0) is 13.8 Å². The molecule has 0 aliphatic rings. The van der Waals surface area contributed by atoms with Gasteiger partial charge in [-0.2, -0.15) is 5.10 Å². The van der Waals surface area contributed by atoms with Crippen LogP contribution in [0.4, 0.5) is 5.69 Å². The molecule has 1 amide bonds. The van der Waals surface area contributed by atoms with Crippen LogP contribution in [0.5, 0.6) is 0 Å². The van der Waals surface area contributed by atoms with Crippen LogP contribution in [0.2, 0.25) is 5.02 Å². The maximum absolute atomic E-state index is 12.4. The summed E-state index contributed by atoms with van der Waals surface area (Å²) in [6.07, 6.45) is 4.18. The lowest BCUT2D eigenvalue weighted by Crippen LogP contribution is -2.35. The number of carbonyl (C=O) groups is 2. The number of hydrogen-bond donors (Lipinski definition) is 2. The summed E-state index contributed by atoms with van der Waals surface area (Å²) in [6.45, 7) is 6.82. The highest BCUT2D eigenvalue weighted by Gasteiger charge is 2.30. The van der Waals surface area contributed by atoms with Gasteiger partial charge in [-0.25, -0.2) is 14.8 Å². The van der Waals surface area contributed by atoms with Crippen molar-refractivity contribution in [3.63, 3.8) is 0 Å². The molecule has 0 spiro atoms. The summed E-state index contributed by atoms with van der Waals surface area (Å²) in [7, 11) is 0. The molecule has 2 rings (SSSR count). The molecule has 2 N–H and O–H groups in total. The molecule has 0 bridgehead atoms. The molecule has 128 valence electrons. The first kappa shape index (κ1) is 17.9. The fraction of sp³-hybridized carbons (Fsp3) is 0.400. The summed E-state index contributed by atoms with van der Waals surface area (Å²) < 4.78 is 1.26. The minimum Gasteiger partial charge on any atom is -0.479 e. The van der Waals surface area contributed by atoms with Crippen LogP contribution < -0.4 is 5.32 Å². The van der Waals surface area contributed by atoms with Gasteiger partial charge in [-0.15, -0.1) is 0 Å². The van der Waals surface area contributed by atoms with Gasteiger partial charge in [-0.1, -0.05) is 25.4 Å². The summed E-state index contributed by atoms with van der Waals surface area (Å²) in [5.41, 5.74) is -0.837. The Balaban J connectivity index is 2.24. The fourth-order valence-corrected chi connectivity index (χ4v) is 1.98. The molecule has 0 radical (unpaired) electrons. The number of aliphatic carboxylic acids is 1. The summed E-state index contributed by atoms with van der Waals surface area (Å²) in [4.78, 5) is 31.9. The Morgan fingerprint density at radius 1 is 1.33 bits per heavy atom. The molecule has 0 fully saturated rings. The molecule has 2 heterocycles. The zero-order valence-corrected chi connectivity index (χ0v) is 14.5. The molecule has 24 heavy (non-hydrogen) atoms. The average molecular weight is 352 g/mol. The average Bonchev–Trinajstić information content (AvgIpc) is 2.96. The minimum atomic E-state index is -1.24. The van der Waals surface area contributed by atoms with Crippen molar-refractivity contribution in [1.29, 1.82) is 0 Å². The van der Waals surface area contributed by atoms with Crippen molar-refractivity contribution < 1.29 is 14.7 Å². The summed E-state index contributed by atoms with van der Waals surface area (Å²) in [6, 6.07) is 0. The standard InChI is InChI=1S/C15H18ClN5O3/c1-8(2)12-17-6-10(16)11(20-12)13(22)19-9-5-18-21(7-9)15(3,4)14(23)24/h5-8H,1-4H3,(H,19,22)(H,23,24). The van der Waals surface area contributed by atoms with E-state index < -0.39 is 17.4 Å². The minimum absolute atomic E-state index is 0.0490. The smallest absolute Gasteiger partial charge is 0.331 e. The van der Waals surface area contributed by atoms with Gasteiger partial charge < -0.3 is 10.4 Å². The molecule has 0 atom stereocenters. The largest absolute Gasteiger partial charge is 0.479 e. The van der Waals surface area contributed by atoms with Crippen molar-refractivity contribution in [2.45, 2.75) is 39.2 Å². The van der Waals surface area contributed by atoms with Crippen LogP contribution in [0.1, 0.15) is 49.9 Å². The second-order valence-corrected chi connectivity index (χ2v) is 6.48. The number of rotatable bonds is 5. The number of carboxylic acids is 1. The third kappa shape index (κ3) is 3.53. The SMILES string of the molecule is CC(C)c1ncc(Cl)c(C(=O)Nc2cnn(C(C)(C)C(=O)O)c2)n1. The normalized spacial score (nSPS) is 11.6. The number of anilines is 1. The van der Waals surface area contributed by atoms with Gasteiger partial charge in [0.1, 0.15) is 5.82 Å². The van der Waals surface area contributed by atoms with Gasteiger partial charge in [0.2, 0.25) is 0 Å². The first-order chi connectivity index (χ1) is 11.1. The topological polar surface area (TPSA) is 110 Å². The Labute approximate surface area is 143 Å². The number of hydrogen-bond acceptors (Lipinski definition) is 5. The number of nitrogens with zero attached hydrogens (tertiary/aromatic N) is 4. The van der Waals surface area contributed by atoms with E-state index >= 15 is 0 Å². The number of aromatic nitrogens is 4. The predicted octanol–water partition coefficient (Wildman–Crippen LogP) is 2.52. The number of amides is 1. The molecule has 2 aromatic rings. The van der Waals surface area contributed by atoms with Crippen molar-refractivity contribution in [2.75, 3.05) is 5.32 Å². The maximum atomic E-state index is 12.4. The molecular formula is C15H18ClN5O3. The van der Waals surface area contributed by atoms with Crippen LogP contribution in [-0.2, 0) is 10.3 Å². The highest BCUT2D eigenvalue weighted by molar-refractivity contribution is 6.33. The summed E-state index contributed by atoms with van der Waals surface area (Å²) >= 11 is 6.00. The summed E-state index contributed by atoms with van der Waals surface area (Å²) in [5, 5.41) is 15.9. The molecule has 0 saturated carbocycles. The van der Waals surface area contributed by atoms with Gasteiger partial charge >= 0.3 is 5.97 Å². The molecule has 8 nitrogen and oxygen atoms in total. The molecule has 0 aromatic carbocycles. The maximum Gasteiger partial charge on any atom is 0.331 e. The van der Waals surface area contributed by atoms with Crippen LogP contribution in [0, 0.1) is 0 Å². The van der Waals surface area contributed by atoms with E-state index in [4.69, 9.17) is 11.6 Å². The predicted molar refractivity (Wildman–Crippen MR) is 88.3 cm³/mol. The van der Waals surface area contributed by atoms with Gasteiger partial charge in [0.05, 0.1) is 23.1 Å². The highest BCUT2D eigenvalue weighted by atomic mass is 35.5. The second-order valence-electron chi connectivity index (χ2n) is 6.07. The third-order valence-corrected chi connectivity index (χ3v) is 3.71. The van der Waals surface area contributed by atoms with E-state index in [0.717, 1.165) is 0 Å². The second kappa shape index (κ2) is 6.56. The monoisotopic (exact) mass is 351 g/mol. The number of halogens is 1. The van der Waals surface area contributed by atoms with E-state index in [1.165, 1.54) is 37.1 Å². The van der Waals surface area contributed by atoms with Crippen LogP contribution in [0.15, 0.2) is 18.6 Å². The number of nitrogens with one attached hydrogen (secondary N) is 1. The van der Waals surface area contributed by atoms with E-state index in [9.17, 15) is 14.7 Å².